The van der Waals surface area contributed by atoms with E-state index in [2.05, 4.69) is 57.4 Å². The van der Waals surface area contributed by atoms with Crippen LogP contribution < -0.4 is 31.5 Å². The minimum Gasteiger partial charge on any atom is -0.508 e. The molecule has 23 heteroatoms. The van der Waals surface area contributed by atoms with Crippen molar-refractivity contribution in [3.63, 3.8) is 0 Å². The van der Waals surface area contributed by atoms with Gasteiger partial charge in [-0.05, 0) is 111 Å². The Bertz CT molecular complexity index is 3310. The summed E-state index contributed by atoms with van der Waals surface area (Å²) in [5, 5.41) is 42.1. The van der Waals surface area contributed by atoms with Crippen LogP contribution in [0.3, 0.4) is 0 Å². The summed E-state index contributed by atoms with van der Waals surface area (Å²) in [6, 6.07) is 24.7. The molecule has 0 saturated carbocycles. The number of carbonyl (C=O) groups excluding carboxylic acids is 6. The summed E-state index contributed by atoms with van der Waals surface area (Å²) in [7, 11) is 0. The van der Waals surface area contributed by atoms with Crippen molar-refractivity contribution in [3.8, 4) is 34.3 Å². The van der Waals surface area contributed by atoms with Crippen LogP contribution in [-0.2, 0) is 39.9 Å². The van der Waals surface area contributed by atoms with E-state index in [0.29, 0.717) is 118 Å². The van der Waals surface area contributed by atoms with Gasteiger partial charge in [0, 0.05) is 81.9 Å². The molecule has 0 radical (unpaired) electrons. The van der Waals surface area contributed by atoms with Crippen LogP contribution >= 0.6 is 0 Å². The monoisotopic (exact) mass is 1240 g/mol. The van der Waals surface area contributed by atoms with Crippen molar-refractivity contribution in [3.05, 3.63) is 126 Å². The van der Waals surface area contributed by atoms with Gasteiger partial charge in [-0.15, -0.1) is 10.2 Å². The fourth-order valence-corrected chi connectivity index (χ4v) is 12.2. The number of ether oxygens (including phenoxy) is 3. The first-order valence-electron chi connectivity index (χ1n) is 31.4. The first kappa shape index (κ1) is 66.0. The molecule has 4 aromatic carbocycles. The SMILES string of the molecule is C=C(c1ccccc1)[C@@H](C(=O)N[C@@H](CC(C)C)C(CNOC(=O)N1CCC(Oc2ccc(-n3c(C(=O)NCC)nnc3-c3cc(C(C)C)c(O)cc3O)cc2)CC1)C1(C)CO1)N1C(=O)[C@@H](NC(=O)[C@H](CCc2ccccc2)NC(=O)CN2CCOCC2)CC1C. The third-order valence-corrected chi connectivity index (χ3v) is 17.3. The molecular formula is C67H87N11O12. The van der Waals surface area contributed by atoms with Gasteiger partial charge in [0.2, 0.25) is 29.5 Å². The minimum absolute atomic E-state index is 0.00575. The summed E-state index contributed by atoms with van der Waals surface area (Å²) in [4.78, 5) is 95.7. The zero-order valence-electron chi connectivity index (χ0n) is 52.6. The van der Waals surface area contributed by atoms with E-state index in [-0.39, 0.29) is 66.5 Å². The highest BCUT2D eigenvalue weighted by molar-refractivity contribution is 6.02. The Morgan fingerprint density at radius 3 is 2.18 bits per heavy atom. The van der Waals surface area contributed by atoms with Crippen LogP contribution in [0.15, 0.2) is 104 Å². The number of amides is 6. The van der Waals surface area contributed by atoms with Gasteiger partial charge in [0.25, 0.3) is 5.91 Å². The lowest BCUT2D eigenvalue weighted by atomic mass is 9.82. The molecule has 90 heavy (non-hydrogen) atoms. The number of rotatable bonds is 27. The Morgan fingerprint density at radius 1 is 0.856 bits per heavy atom. The Balaban J connectivity index is 0.831. The van der Waals surface area contributed by atoms with Crippen LogP contribution in [0.25, 0.3) is 22.6 Å². The highest BCUT2D eigenvalue weighted by Crippen LogP contribution is 2.40. The second-order valence-electron chi connectivity index (χ2n) is 24.8. The number of likely N-dealkylation sites (tertiary alicyclic amines) is 2. The highest BCUT2D eigenvalue weighted by Gasteiger charge is 2.52. The van der Waals surface area contributed by atoms with Crippen LogP contribution in [0.1, 0.15) is 114 Å². The Kier molecular flexibility index (Phi) is 22.0. The number of hydroxylamine groups is 1. The summed E-state index contributed by atoms with van der Waals surface area (Å²) < 4.78 is 19.5. The summed E-state index contributed by atoms with van der Waals surface area (Å²) in [5.74, 6) is -2.08. The predicted octanol–water partition coefficient (Wildman–Crippen LogP) is 6.28. The Hall–Kier alpha value is -8.38. The first-order chi connectivity index (χ1) is 43.2. The Morgan fingerprint density at radius 2 is 1.53 bits per heavy atom. The number of carbonyl (C=O) groups is 6. The molecule has 4 aliphatic rings. The molecule has 23 nitrogen and oxygen atoms in total. The van der Waals surface area contributed by atoms with Gasteiger partial charge in [0.05, 0.1) is 37.5 Å². The third kappa shape index (κ3) is 16.3. The zero-order valence-corrected chi connectivity index (χ0v) is 52.6. The molecule has 7 atom stereocenters. The number of hydrogen-bond donors (Lipinski definition) is 7. The van der Waals surface area contributed by atoms with Gasteiger partial charge in [-0.1, -0.05) is 94.9 Å². The number of aromatic nitrogens is 3. The second-order valence-corrected chi connectivity index (χ2v) is 24.8. The van der Waals surface area contributed by atoms with Crippen molar-refractivity contribution in [2.45, 2.75) is 135 Å². The first-order valence-corrected chi connectivity index (χ1v) is 31.4. The number of epoxide rings is 1. The van der Waals surface area contributed by atoms with E-state index < -0.39 is 71.5 Å². The van der Waals surface area contributed by atoms with Crippen LogP contribution in [-0.4, -0.2) is 183 Å². The van der Waals surface area contributed by atoms with Crippen molar-refractivity contribution in [2.75, 3.05) is 65.6 Å². The van der Waals surface area contributed by atoms with Crippen molar-refractivity contribution in [1.29, 1.82) is 0 Å². The molecule has 3 unspecified atom stereocenters. The molecule has 0 aliphatic carbocycles. The van der Waals surface area contributed by atoms with Crippen LogP contribution in [0, 0.1) is 11.8 Å². The van der Waals surface area contributed by atoms with Gasteiger partial charge in [-0.3, -0.25) is 33.4 Å². The molecule has 4 fully saturated rings. The number of phenolic OH excluding ortho intramolecular Hbond substituents is 2. The van der Waals surface area contributed by atoms with E-state index in [9.17, 15) is 34.2 Å². The maximum atomic E-state index is 15.3. The average molecular weight is 1240 g/mol. The van der Waals surface area contributed by atoms with Crippen LogP contribution in [0.5, 0.6) is 17.2 Å². The number of aromatic hydroxyl groups is 2. The van der Waals surface area contributed by atoms with Gasteiger partial charge in [0.15, 0.2) is 5.82 Å². The fourth-order valence-electron chi connectivity index (χ4n) is 12.2. The molecule has 5 heterocycles. The predicted molar refractivity (Wildman–Crippen MR) is 337 cm³/mol. The topological polar surface area (TPSA) is 284 Å². The number of benzene rings is 4. The number of piperidine rings is 1. The molecule has 7 N–H and O–H groups in total. The molecule has 6 amide bonds. The van der Waals surface area contributed by atoms with E-state index in [1.807, 2.05) is 93.3 Å². The molecular weight excluding hydrogens is 1150 g/mol. The third-order valence-electron chi connectivity index (χ3n) is 17.3. The fraction of sp³-hybridized carbons (Fsp3) is 0.493. The molecule has 0 bridgehead atoms. The standard InChI is InChI=1S/C67H87N11O12/c1-9-68-64(84)61-74-73-60(51-36-50(42(4)5)56(79)37-57(51)80)78(61)47-21-23-48(24-22-47)89-49-26-28-76(29-27-49)66(86)90-69-38-52(67(8)40-88-67)54(34-41(2)3)71-63(83)59(44(7)46-18-14-11-15-19-46)77-43(6)35-55(65(77)85)72-62(82)53(25-20-45-16-12-10-13-17-45)70-58(81)39-75-30-32-87-33-31-75/h10-19,21-24,36-37,41-43,49,52-55,59,69,79-80H,7,9,20,25-35,38-40H2,1-6,8H3,(H,68,84)(H,70,81)(H,71,83)(H,72,82)/t43?,52?,53-,54-,55-,59-,67?/m0/s1. The lowest BCUT2D eigenvalue weighted by Gasteiger charge is -2.37. The normalized spacial score (nSPS) is 20.0. The molecule has 4 aliphatic heterocycles. The highest BCUT2D eigenvalue weighted by atomic mass is 16.7. The molecule has 482 valence electrons. The van der Waals surface area contributed by atoms with Gasteiger partial charge in [-0.25, -0.2) is 4.79 Å². The number of aryl methyl sites for hydroxylation is 1. The summed E-state index contributed by atoms with van der Waals surface area (Å²) in [5.41, 5.74) is 5.70. The van der Waals surface area contributed by atoms with Crippen molar-refractivity contribution in [2.24, 2.45) is 11.8 Å². The maximum Gasteiger partial charge on any atom is 0.428 e. The Labute approximate surface area is 526 Å². The summed E-state index contributed by atoms with van der Waals surface area (Å²) in [6.45, 7) is 21.9. The largest absolute Gasteiger partial charge is 0.508 e. The molecule has 0 spiro atoms. The van der Waals surface area contributed by atoms with Gasteiger partial charge >= 0.3 is 6.09 Å². The van der Waals surface area contributed by atoms with Crippen molar-refractivity contribution >= 4 is 41.2 Å². The van der Waals surface area contributed by atoms with E-state index in [4.69, 9.17) is 19.0 Å². The van der Waals surface area contributed by atoms with E-state index >= 15 is 4.79 Å². The van der Waals surface area contributed by atoms with E-state index in [1.165, 1.54) is 11.0 Å². The summed E-state index contributed by atoms with van der Waals surface area (Å²) in [6.07, 6.45) is 1.72. The lowest BCUT2D eigenvalue weighted by Crippen LogP contribution is -2.58. The molecule has 4 saturated heterocycles. The molecule has 1 aromatic heterocycles. The number of morpholine rings is 1. The second kappa shape index (κ2) is 30.0. The van der Waals surface area contributed by atoms with Crippen LogP contribution in [0.2, 0.25) is 0 Å². The average Bonchev–Trinajstić information content (AvgIpc) is 1.61. The lowest BCUT2D eigenvalue weighted by molar-refractivity contribution is -0.139. The smallest absolute Gasteiger partial charge is 0.428 e. The zero-order chi connectivity index (χ0) is 64.2. The van der Waals surface area contributed by atoms with Crippen molar-refractivity contribution in [1.82, 2.24) is 56.2 Å². The van der Waals surface area contributed by atoms with Gasteiger partial charge in [0.1, 0.15) is 41.5 Å². The quantitative estimate of drug-likeness (QED) is 0.0225. The molecule has 5 aromatic rings. The molecule has 9 rings (SSSR count). The number of hydrogen-bond acceptors (Lipinski definition) is 16. The van der Waals surface area contributed by atoms with Crippen LogP contribution in [0.4, 0.5) is 4.79 Å². The number of nitrogens with zero attached hydrogens (tertiary/aromatic N) is 6. The van der Waals surface area contributed by atoms with Gasteiger partial charge in [-0.2, -0.15) is 5.48 Å². The minimum atomic E-state index is -1.19. The van der Waals surface area contributed by atoms with E-state index in [1.54, 1.807) is 46.7 Å². The summed E-state index contributed by atoms with van der Waals surface area (Å²) >= 11 is 0. The number of phenols is 2. The van der Waals surface area contributed by atoms with Crippen molar-refractivity contribution < 1.29 is 58.0 Å². The van der Waals surface area contributed by atoms with Gasteiger partial charge < -0.3 is 60.3 Å². The number of nitrogens with one attached hydrogen (secondary N) is 5. The van der Waals surface area contributed by atoms with E-state index in [0.717, 1.165) is 5.56 Å². The maximum absolute atomic E-state index is 15.3.